The van der Waals surface area contributed by atoms with Crippen molar-refractivity contribution in [1.82, 2.24) is 14.5 Å². The number of aliphatic hydroxyl groups excluding tert-OH is 2. The number of carbonyl (C=O) groups excluding carboxylic acids is 1. The van der Waals surface area contributed by atoms with Gasteiger partial charge in [0.2, 0.25) is 0 Å². The number of amides is 1. The van der Waals surface area contributed by atoms with E-state index in [4.69, 9.17) is 4.74 Å². The molecule has 2 heterocycles. The Morgan fingerprint density at radius 1 is 1.23 bits per heavy atom. The quantitative estimate of drug-likeness (QED) is 0.546. The number of aromatic nitrogens is 2. The van der Waals surface area contributed by atoms with Gasteiger partial charge in [0.25, 0.3) is 11.5 Å². The van der Waals surface area contributed by atoms with E-state index >= 15 is 0 Å². The standard InChI is InChI=1S/C21H29N3O6/c25-15-9-11-24(21(29)22-15)20-17(27)16(26)18(30-20)19(28)23(12-14-6-7-14)10-8-13-4-2-1-3-5-13/h4,9,11,14,16-18,20,26-27H,1-3,5-8,10,12H2,(H,22,25,29)/t16-,17+,18-,20+/m0/s1. The summed E-state index contributed by atoms with van der Waals surface area (Å²) < 4.78 is 6.65. The van der Waals surface area contributed by atoms with Gasteiger partial charge in [0.05, 0.1) is 0 Å². The summed E-state index contributed by atoms with van der Waals surface area (Å²) in [5.74, 6) is 0.0974. The molecule has 1 amide bonds. The van der Waals surface area contributed by atoms with Crippen molar-refractivity contribution in [3.63, 3.8) is 0 Å². The van der Waals surface area contributed by atoms with Gasteiger partial charge in [-0.15, -0.1) is 0 Å². The van der Waals surface area contributed by atoms with Crippen molar-refractivity contribution in [2.75, 3.05) is 13.1 Å². The monoisotopic (exact) mass is 419 g/mol. The average Bonchev–Trinajstić information content (AvgIpc) is 3.51. The predicted octanol–water partition coefficient (Wildman–Crippen LogP) is 0.285. The minimum Gasteiger partial charge on any atom is -0.387 e. The van der Waals surface area contributed by atoms with Gasteiger partial charge in [0.1, 0.15) is 12.2 Å². The molecule has 1 aromatic heterocycles. The van der Waals surface area contributed by atoms with Crippen LogP contribution in [0.15, 0.2) is 33.5 Å². The third-order valence-corrected chi connectivity index (χ3v) is 6.18. The summed E-state index contributed by atoms with van der Waals surface area (Å²) >= 11 is 0. The number of carbonyl (C=O) groups is 1. The summed E-state index contributed by atoms with van der Waals surface area (Å²) in [6.07, 6.45) is 5.49. The van der Waals surface area contributed by atoms with E-state index in [-0.39, 0.29) is 5.91 Å². The van der Waals surface area contributed by atoms with Gasteiger partial charge in [-0.1, -0.05) is 11.6 Å². The summed E-state index contributed by atoms with van der Waals surface area (Å²) in [7, 11) is 0. The molecule has 0 aromatic carbocycles. The van der Waals surface area contributed by atoms with Crippen molar-refractivity contribution >= 4 is 5.91 Å². The molecule has 4 rings (SSSR count). The number of H-pyrrole nitrogens is 1. The van der Waals surface area contributed by atoms with Crippen LogP contribution in [0.4, 0.5) is 0 Å². The Bertz CT molecular complexity index is 918. The molecule has 1 aliphatic heterocycles. The highest BCUT2D eigenvalue weighted by atomic mass is 16.6. The van der Waals surface area contributed by atoms with Crippen molar-refractivity contribution < 1.29 is 19.7 Å². The van der Waals surface area contributed by atoms with Crippen molar-refractivity contribution in [1.29, 1.82) is 0 Å². The van der Waals surface area contributed by atoms with Crippen LogP contribution in [0.3, 0.4) is 0 Å². The molecule has 0 bridgehead atoms. The molecule has 0 spiro atoms. The highest BCUT2D eigenvalue weighted by Crippen LogP contribution is 2.33. The van der Waals surface area contributed by atoms with Crippen LogP contribution >= 0.6 is 0 Å². The topological polar surface area (TPSA) is 125 Å². The van der Waals surface area contributed by atoms with Gasteiger partial charge in [-0.25, -0.2) is 4.79 Å². The molecule has 3 N–H and O–H groups in total. The molecule has 0 unspecified atom stereocenters. The summed E-state index contributed by atoms with van der Waals surface area (Å²) in [5.41, 5.74) is 0.0101. The zero-order valence-corrected chi connectivity index (χ0v) is 16.9. The van der Waals surface area contributed by atoms with E-state index in [1.54, 1.807) is 4.90 Å². The molecule has 1 aromatic rings. The molecule has 1 saturated heterocycles. The van der Waals surface area contributed by atoms with Gasteiger partial charge in [-0.05, 0) is 50.9 Å². The smallest absolute Gasteiger partial charge is 0.330 e. The van der Waals surface area contributed by atoms with Crippen LogP contribution in [0.2, 0.25) is 0 Å². The van der Waals surface area contributed by atoms with Gasteiger partial charge in [-0.2, -0.15) is 0 Å². The second kappa shape index (κ2) is 8.87. The Balaban J connectivity index is 1.48. The van der Waals surface area contributed by atoms with Crippen LogP contribution in [-0.2, 0) is 9.53 Å². The molecule has 0 radical (unpaired) electrons. The van der Waals surface area contributed by atoms with Crippen LogP contribution in [0.25, 0.3) is 0 Å². The Kier molecular flexibility index (Phi) is 6.21. The predicted molar refractivity (Wildman–Crippen MR) is 108 cm³/mol. The molecule has 4 atom stereocenters. The van der Waals surface area contributed by atoms with Gasteiger partial charge < -0.3 is 19.8 Å². The third-order valence-electron chi connectivity index (χ3n) is 6.18. The second-order valence-electron chi connectivity index (χ2n) is 8.53. The van der Waals surface area contributed by atoms with Crippen molar-refractivity contribution in [2.45, 2.75) is 69.5 Å². The number of ether oxygens (including phenoxy) is 1. The zero-order valence-electron chi connectivity index (χ0n) is 16.9. The van der Waals surface area contributed by atoms with Gasteiger partial charge in [-0.3, -0.25) is 19.1 Å². The molecular weight excluding hydrogens is 390 g/mol. The van der Waals surface area contributed by atoms with Crippen LogP contribution in [0, 0.1) is 5.92 Å². The van der Waals surface area contributed by atoms with Gasteiger partial charge >= 0.3 is 5.69 Å². The number of rotatable bonds is 7. The highest BCUT2D eigenvalue weighted by molar-refractivity contribution is 5.82. The fourth-order valence-electron chi connectivity index (χ4n) is 4.21. The van der Waals surface area contributed by atoms with E-state index in [0.717, 1.165) is 42.7 Å². The Morgan fingerprint density at radius 2 is 2.03 bits per heavy atom. The lowest BCUT2D eigenvalue weighted by atomic mass is 9.97. The molecule has 3 aliphatic rings. The Hall–Kier alpha value is -2.23. The van der Waals surface area contributed by atoms with Crippen LogP contribution in [0.5, 0.6) is 0 Å². The second-order valence-corrected chi connectivity index (χ2v) is 8.53. The molecule has 9 heteroatoms. The van der Waals surface area contributed by atoms with Crippen LogP contribution in [0.1, 0.15) is 51.2 Å². The molecular formula is C21H29N3O6. The molecule has 164 valence electrons. The average molecular weight is 419 g/mol. The molecule has 9 nitrogen and oxygen atoms in total. The lowest BCUT2D eigenvalue weighted by molar-refractivity contribution is -0.149. The highest BCUT2D eigenvalue weighted by Gasteiger charge is 2.49. The minimum absolute atomic E-state index is 0.371. The molecule has 30 heavy (non-hydrogen) atoms. The summed E-state index contributed by atoms with van der Waals surface area (Å²) in [5, 5.41) is 20.9. The fraction of sp³-hybridized carbons (Fsp3) is 0.667. The normalized spacial score (nSPS) is 28.9. The maximum Gasteiger partial charge on any atom is 0.330 e. The number of allylic oxidation sites excluding steroid dienone is 1. The van der Waals surface area contributed by atoms with E-state index in [1.165, 1.54) is 24.6 Å². The Labute approximate surface area is 174 Å². The summed E-state index contributed by atoms with van der Waals surface area (Å²) in [6, 6.07) is 1.12. The lowest BCUT2D eigenvalue weighted by Gasteiger charge is -2.27. The first kappa shape index (κ1) is 21.0. The first-order chi connectivity index (χ1) is 14.4. The SMILES string of the molecule is O=C([C@H]1O[C@@H](n2ccc(=O)[nH]c2=O)[C@H](O)[C@@H]1O)N(CCC1=CCCCC1)CC1CC1. The zero-order chi connectivity index (χ0) is 21.3. The van der Waals surface area contributed by atoms with Gasteiger partial charge in [0.15, 0.2) is 12.3 Å². The number of nitrogens with one attached hydrogen (secondary N) is 1. The van der Waals surface area contributed by atoms with Gasteiger partial charge in [0, 0.05) is 25.4 Å². The molecule has 2 aliphatic carbocycles. The van der Waals surface area contributed by atoms with E-state index in [2.05, 4.69) is 11.1 Å². The number of nitrogens with zero attached hydrogens (tertiary/aromatic N) is 2. The molecule has 2 fully saturated rings. The number of hydrogen-bond acceptors (Lipinski definition) is 6. The number of aliphatic hydroxyl groups is 2. The van der Waals surface area contributed by atoms with Crippen LogP contribution in [-0.4, -0.2) is 62.0 Å². The van der Waals surface area contributed by atoms with Crippen molar-refractivity contribution in [3.05, 3.63) is 44.8 Å². The maximum atomic E-state index is 13.2. The fourth-order valence-corrected chi connectivity index (χ4v) is 4.21. The largest absolute Gasteiger partial charge is 0.387 e. The van der Waals surface area contributed by atoms with Crippen molar-refractivity contribution in [2.24, 2.45) is 5.92 Å². The first-order valence-electron chi connectivity index (χ1n) is 10.7. The Morgan fingerprint density at radius 3 is 2.70 bits per heavy atom. The van der Waals surface area contributed by atoms with E-state index < -0.39 is 35.8 Å². The number of hydrogen-bond donors (Lipinski definition) is 3. The third kappa shape index (κ3) is 4.58. The number of aromatic amines is 1. The van der Waals surface area contributed by atoms with Crippen LogP contribution < -0.4 is 11.2 Å². The summed E-state index contributed by atoms with van der Waals surface area (Å²) in [4.78, 5) is 40.4. The van der Waals surface area contributed by atoms with E-state index in [0.29, 0.717) is 19.0 Å². The van der Waals surface area contributed by atoms with Crippen molar-refractivity contribution in [3.8, 4) is 0 Å². The maximum absolute atomic E-state index is 13.2. The van der Waals surface area contributed by atoms with E-state index in [1.807, 2.05) is 0 Å². The summed E-state index contributed by atoms with van der Waals surface area (Å²) in [6.45, 7) is 1.16. The molecule has 1 saturated carbocycles. The minimum atomic E-state index is -1.47. The van der Waals surface area contributed by atoms with E-state index in [9.17, 15) is 24.6 Å². The first-order valence-corrected chi connectivity index (χ1v) is 10.7. The lowest BCUT2D eigenvalue weighted by Crippen LogP contribution is -2.46.